The average molecular weight is 361 g/mol. The number of rotatable bonds is 5. The van der Waals surface area contributed by atoms with E-state index in [1.54, 1.807) is 20.3 Å². The number of nitrogens with two attached hydrogens (primary N) is 1. The maximum Gasteiger partial charge on any atom is 0.125 e. The van der Waals surface area contributed by atoms with Gasteiger partial charge in [-0.2, -0.15) is 0 Å². The number of nitrogens with one attached hydrogen (secondary N) is 1. The minimum absolute atomic E-state index is 0.0168. The average Bonchev–Trinajstić information content (AvgIpc) is 2.55. The van der Waals surface area contributed by atoms with Crippen molar-refractivity contribution in [2.45, 2.75) is 25.9 Å². The van der Waals surface area contributed by atoms with Crippen molar-refractivity contribution in [1.29, 1.82) is 0 Å². The summed E-state index contributed by atoms with van der Waals surface area (Å²) in [6, 6.07) is 11.0. The lowest BCUT2D eigenvalue weighted by atomic mass is 9.98. The number of nitrogens with zero attached hydrogens (tertiary/aromatic N) is 1. The summed E-state index contributed by atoms with van der Waals surface area (Å²) in [4.78, 5) is 2.02. The van der Waals surface area contributed by atoms with E-state index in [1.165, 1.54) is 6.07 Å². The molecule has 0 saturated heterocycles. The minimum Gasteiger partial charge on any atom is -0.508 e. The second-order valence-electron chi connectivity index (χ2n) is 6.60. The van der Waals surface area contributed by atoms with Gasteiger partial charge in [0, 0.05) is 51.3 Å². The molecule has 2 aromatic carbocycles. The van der Waals surface area contributed by atoms with Gasteiger partial charge in [0.25, 0.3) is 0 Å². The van der Waals surface area contributed by atoms with Crippen LogP contribution in [-0.4, -0.2) is 38.5 Å². The van der Waals surface area contributed by atoms with Crippen LogP contribution in [0.4, 0.5) is 11.4 Å². The summed E-state index contributed by atoms with van der Waals surface area (Å²) < 4.78 is 4.25. The number of anilines is 2. The number of hydrogen-bond acceptors (Lipinski definition) is 6. The van der Waals surface area contributed by atoms with Crippen LogP contribution in [0, 0.1) is 0 Å². The van der Waals surface area contributed by atoms with Gasteiger partial charge < -0.3 is 30.9 Å². The Labute approximate surface area is 156 Å². The topological polar surface area (TPSA) is 91.0 Å². The highest BCUT2D eigenvalue weighted by molar-refractivity contribution is 5.56. The highest BCUT2D eigenvalue weighted by atomic mass is 16.4. The molecular weight excluding hydrogens is 330 g/mol. The molecule has 1 unspecified atom stereocenters. The van der Waals surface area contributed by atoms with Crippen LogP contribution >= 0.6 is 0 Å². The molecule has 6 nitrogen and oxygen atoms in total. The van der Waals surface area contributed by atoms with Gasteiger partial charge in [-0.25, -0.2) is 0 Å². The second kappa shape index (κ2) is 9.89. The van der Waals surface area contributed by atoms with E-state index in [1.807, 2.05) is 57.1 Å². The molecule has 0 amide bonds. The van der Waals surface area contributed by atoms with Gasteiger partial charge >= 0.3 is 0 Å². The van der Waals surface area contributed by atoms with Crippen molar-refractivity contribution in [3.8, 4) is 11.5 Å². The Balaban J connectivity index is 0.00000105. The number of benzene rings is 2. The van der Waals surface area contributed by atoms with Crippen molar-refractivity contribution in [1.82, 2.24) is 0 Å². The van der Waals surface area contributed by atoms with Gasteiger partial charge in [-0.3, -0.25) is 0 Å². The third kappa shape index (κ3) is 5.82. The lowest BCUT2D eigenvalue weighted by molar-refractivity contribution is 0.277. The fraction of sp³-hybridized carbons (Fsp3) is 0.400. The number of hydrogen-bond donors (Lipinski definition) is 4. The molecule has 0 fully saturated rings. The maximum atomic E-state index is 10.1. The van der Waals surface area contributed by atoms with Crippen LogP contribution in [0.1, 0.15) is 37.1 Å². The molecule has 0 spiro atoms. The van der Waals surface area contributed by atoms with Gasteiger partial charge in [-0.15, -0.1) is 0 Å². The summed E-state index contributed by atoms with van der Waals surface area (Å²) in [5.74, 6) is 0.210. The highest BCUT2D eigenvalue weighted by Gasteiger charge is 2.16. The SMILES string of the molecule is CC(C)c1cc(C(N)Nc2ccc(N(C)C)cc2)c(O)cc1O.COC. The van der Waals surface area contributed by atoms with E-state index in [-0.39, 0.29) is 17.4 Å². The van der Waals surface area contributed by atoms with Crippen molar-refractivity contribution in [3.05, 3.63) is 47.5 Å². The molecule has 1 atom stereocenters. The Kier molecular flexibility index (Phi) is 8.22. The molecule has 0 aliphatic carbocycles. The van der Waals surface area contributed by atoms with E-state index in [9.17, 15) is 10.2 Å². The number of methoxy groups -OCH3 is 1. The number of ether oxygens (including phenoxy) is 1. The van der Waals surface area contributed by atoms with Gasteiger partial charge in [-0.1, -0.05) is 13.8 Å². The van der Waals surface area contributed by atoms with Crippen LogP contribution in [0.3, 0.4) is 0 Å². The molecule has 2 rings (SSSR count). The number of aromatic hydroxyl groups is 2. The maximum absolute atomic E-state index is 10.1. The van der Waals surface area contributed by atoms with Crippen LogP contribution in [0.5, 0.6) is 11.5 Å². The molecule has 0 saturated carbocycles. The first-order valence-corrected chi connectivity index (χ1v) is 8.46. The molecular formula is C20H31N3O3. The van der Waals surface area contributed by atoms with E-state index >= 15 is 0 Å². The van der Waals surface area contributed by atoms with Crippen LogP contribution < -0.4 is 16.0 Å². The van der Waals surface area contributed by atoms with Crippen LogP contribution in [0.2, 0.25) is 0 Å². The van der Waals surface area contributed by atoms with Gasteiger partial charge in [0.2, 0.25) is 0 Å². The minimum atomic E-state index is -0.571. The molecule has 0 aliphatic rings. The number of phenols is 2. The molecule has 2 aromatic rings. The molecule has 0 aliphatic heterocycles. The van der Waals surface area contributed by atoms with Gasteiger partial charge in [-0.05, 0) is 41.8 Å². The third-order valence-electron chi connectivity index (χ3n) is 3.84. The highest BCUT2D eigenvalue weighted by Crippen LogP contribution is 2.34. The van der Waals surface area contributed by atoms with E-state index in [2.05, 4.69) is 10.1 Å². The first kappa shape index (κ1) is 21.6. The summed E-state index contributed by atoms with van der Waals surface area (Å²) >= 11 is 0. The molecule has 0 radical (unpaired) electrons. The molecule has 0 bridgehead atoms. The Morgan fingerprint density at radius 1 is 0.962 bits per heavy atom. The van der Waals surface area contributed by atoms with Crippen LogP contribution in [-0.2, 0) is 4.74 Å². The fourth-order valence-corrected chi connectivity index (χ4v) is 2.44. The van der Waals surface area contributed by atoms with E-state index in [4.69, 9.17) is 5.73 Å². The Morgan fingerprint density at radius 2 is 1.46 bits per heavy atom. The summed E-state index contributed by atoms with van der Waals surface area (Å²) in [5, 5.41) is 23.2. The second-order valence-corrected chi connectivity index (χ2v) is 6.60. The zero-order valence-electron chi connectivity index (χ0n) is 16.4. The fourth-order valence-electron chi connectivity index (χ4n) is 2.44. The summed E-state index contributed by atoms with van der Waals surface area (Å²) in [6.07, 6.45) is -0.571. The van der Waals surface area contributed by atoms with Gasteiger partial charge in [0.15, 0.2) is 0 Å². The summed E-state index contributed by atoms with van der Waals surface area (Å²) in [5.41, 5.74) is 9.46. The Bertz CT molecular complexity index is 685. The van der Waals surface area contributed by atoms with Crippen molar-refractivity contribution in [2.75, 3.05) is 38.5 Å². The first-order chi connectivity index (χ1) is 12.2. The predicted molar refractivity (Wildman–Crippen MR) is 108 cm³/mol. The monoisotopic (exact) mass is 361 g/mol. The van der Waals surface area contributed by atoms with Crippen LogP contribution in [0.25, 0.3) is 0 Å². The van der Waals surface area contributed by atoms with E-state index in [0.29, 0.717) is 5.56 Å². The molecule has 6 heteroatoms. The lowest BCUT2D eigenvalue weighted by Crippen LogP contribution is -2.20. The van der Waals surface area contributed by atoms with E-state index in [0.717, 1.165) is 16.9 Å². The van der Waals surface area contributed by atoms with Crippen molar-refractivity contribution in [3.63, 3.8) is 0 Å². The zero-order valence-corrected chi connectivity index (χ0v) is 16.4. The largest absolute Gasteiger partial charge is 0.508 e. The Hall–Kier alpha value is -2.44. The zero-order chi connectivity index (χ0) is 19.9. The van der Waals surface area contributed by atoms with Gasteiger partial charge in [0.1, 0.15) is 17.7 Å². The third-order valence-corrected chi connectivity index (χ3v) is 3.84. The molecule has 0 aromatic heterocycles. The first-order valence-electron chi connectivity index (χ1n) is 8.46. The molecule has 144 valence electrons. The van der Waals surface area contributed by atoms with Crippen molar-refractivity contribution in [2.24, 2.45) is 5.73 Å². The van der Waals surface area contributed by atoms with Crippen LogP contribution in [0.15, 0.2) is 36.4 Å². The normalized spacial score (nSPS) is 11.5. The summed E-state index contributed by atoms with van der Waals surface area (Å²) in [6.45, 7) is 3.96. The van der Waals surface area contributed by atoms with Crippen molar-refractivity contribution < 1.29 is 14.9 Å². The quantitative estimate of drug-likeness (QED) is 0.608. The van der Waals surface area contributed by atoms with Crippen molar-refractivity contribution >= 4 is 11.4 Å². The standard InChI is InChI=1S/C18H25N3O2.C2H6O/c1-11(2)14-9-15(17(23)10-16(14)22)18(19)20-12-5-7-13(8-6-12)21(3)4;1-3-2/h5-11,18,20,22-23H,19H2,1-4H3;1-2H3. The lowest BCUT2D eigenvalue weighted by Gasteiger charge is -2.20. The van der Waals surface area contributed by atoms with E-state index < -0.39 is 6.17 Å². The summed E-state index contributed by atoms with van der Waals surface area (Å²) in [7, 11) is 7.21. The molecule has 5 N–H and O–H groups in total. The molecule has 26 heavy (non-hydrogen) atoms. The molecule has 0 heterocycles. The Morgan fingerprint density at radius 3 is 1.92 bits per heavy atom. The van der Waals surface area contributed by atoms with Gasteiger partial charge in [0.05, 0.1) is 0 Å². The number of phenolic OH excluding ortho intramolecular Hbond substituents is 2. The smallest absolute Gasteiger partial charge is 0.125 e. The predicted octanol–water partition coefficient (Wildman–Crippen LogP) is 3.62.